The van der Waals surface area contributed by atoms with E-state index in [1.54, 1.807) is 19.3 Å². The summed E-state index contributed by atoms with van der Waals surface area (Å²) in [6.45, 7) is 3.46. The molecule has 2 atom stereocenters. The fourth-order valence-electron chi connectivity index (χ4n) is 3.39. The van der Waals surface area contributed by atoms with Crippen molar-refractivity contribution in [2.45, 2.75) is 51.4 Å². The number of aryl methyl sites for hydroxylation is 1. The van der Waals surface area contributed by atoms with Crippen LogP contribution in [-0.4, -0.2) is 55.0 Å². The van der Waals surface area contributed by atoms with Gasteiger partial charge < -0.3 is 20.5 Å². The number of hydrogen-bond acceptors (Lipinski definition) is 6. The summed E-state index contributed by atoms with van der Waals surface area (Å²) in [5, 5.41) is 11.2. The summed E-state index contributed by atoms with van der Waals surface area (Å²) >= 11 is 6.22. The highest BCUT2D eigenvalue weighted by molar-refractivity contribution is 6.32. The molecule has 0 saturated heterocycles. The molecule has 0 radical (unpaired) electrons. The number of unbranched alkanes of at least 4 members (excludes halogenated alkanes) is 1. The van der Waals surface area contributed by atoms with Crippen LogP contribution in [0.1, 0.15) is 36.0 Å². The van der Waals surface area contributed by atoms with Crippen molar-refractivity contribution in [3.63, 3.8) is 0 Å². The van der Waals surface area contributed by atoms with Crippen molar-refractivity contribution in [2.75, 3.05) is 13.7 Å². The van der Waals surface area contributed by atoms with Crippen LogP contribution in [0.5, 0.6) is 5.75 Å². The summed E-state index contributed by atoms with van der Waals surface area (Å²) in [5.41, 5.74) is 7.49. The van der Waals surface area contributed by atoms with Gasteiger partial charge in [-0.1, -0.05) is 11.6 Å². The Labute approximate surface area is 199 Å². The number of aliphatic imine (C=N–C) groups is 1. The number of carbonyl (C=O) groups excluding carboxylic acids is 2. The Morgan fingerprint density at radius 3 is 2.62 bits per heavy atom. The second kappa shape index (κ2) is 11.4. The standard InChI is InChI=1S/C21H26ClF3N4O5/c1-10-8-15-12(11(2)16(10)22)9-13(17(34-15)21(23,24)25)18(30)28-14(19(31)33-3)6-4-5-7-27-20(26)29-32/h8-9,14,17,32H,4-7H2,1-3H3,(H,28,30)(H3,26,27,29)/t14-,17-/m0/s1. The van der Waals surface area contributed by atoms with Crippen molar-refractivity contribution in [1.82, 2.24) is 10.8 Å². The molecule has 1 heterocycles. The van der Waals surface area contributed by atoms with E-state index in [1.807, 2.05) is 0 Å². The van der Waals surface area contributed by atoms with Crippen LogP contribution in [-0.2, 0) is 14.3 Å². The largest absolute Gasteiger partial charge is 0.475 e. The minimum absolute atomic E-state index is 0.0417. The normalized spacial score (nSPS) is 16.6. The minimum atomic E-state index is -4.89. The molecule has 188 valence electrons. The van der Waals surface area contributed by atoms with Gasteiger partial charge in [0.2, 0.25) is 12.1 Å². The van der Waals surface area contributed by atoms with Crippen LogP contribution in [0, 0.1) is 13.8 Å². The first kappa shape index (κ1) is 27.3. The third-order valence-electron chi connectivity index (χ3n) is 5.17. The van der Waals surface area contributed by atoms with E-state index >= 15 is 0 Å². The Balaban J connectivity index is 2.27. The topological polar surface area (TPSA) is 135 Å². The number of hydroxylamine groups is 1. The van der Waals surface area contributed by atoms with Crippen molar-refractivity contribution in [3.8, 4) is 5.75 Å². The van der Waals surface area contributed by atoms with Gasteiger partial charge in [-0.3, -0.25) is 15.0 Å². The number of alkyl halides is 3. The molecule has 0 saturated carbocycles. The third-order valence-corrected chi connectivity index (χ3v) is 5.75. The van der Waals surface area contributed by atoms with Crippen molar-refractivity contribution in [1.29, 1.82) is 0 Å². The van der Waals surface area contributed by atoms with E-state index in [0.717, 1.165) is 13.2 Å². The van der Waals surface area contributed by atoms with Gasteiger partial charge in [0.05, 0.1) is 12.7 Å². The van der Waals surface area contributed by atoms with Gasteiger partial charge in [-0.25, -0.2) is 10.3 Å². The molecule has 5 N–H and O–H groups in total. The number of benzene rings is 1. The van der Waals surface area contributed by atoms with E-state index in [2.05, 4.69) is 15.0 Å². The van der Waals surface area contributed by atoms with Crippen molar-refractivity contribution in [2.24, 2.45) is 10.7 Å². The molecule has 1 aliphatic rings. The lowest BCUT2D eigenvalue weighted by Gasteiger charge is -2.30. The zero-order chi connectivity index (χ0) is 25.6. The lowest BCUT2D eigenvalue weighted by molar-refractivity contribution is -0.185. The maximum absolute atomic E-state index is 13.8. The number of amides is 1. The molecule has 0 unspecified atom stereocenters. The molecule has 2 rings (SSSR count). The number of carbonyl (C=O) groups is 2. The average Bonchev–Trinajstić information content (AvgIpc) is 2.79. The van der Waals surface area contributed by atoms with Crippen LogP contribution in [0.2, 0.25) is 5.02 Å². The van der Waals surface area contributed by atoms with E-state index in [-0.39, 0.29) is 30.2 Å². The molecule has 0 spiro atoms. The average molecular weight is 507 g/mol. The summed E-state index contributed by atoms with van der Waals surface area (Å²) in [4.78, 5) is 28.8. The lowest BCUT2D eigenvalue weighted by atomic mass is 9.95. The monoisotopic (exact) mass is 506 g/mol. The number of fused-ring (bicyclic) bond motifs is 1. The van der Waals surface area contributed by atoms with Gasteiger partial charge in [-0.15, -0.1) is 0 Å². The lowest BCUT2D eigenvalue weighted by Crippen LogP contribution is -2.48. The highest BCUT2D eigenvalue weighted by Gasteiger charge is 2.49. The number of halogens is 4. The maximum atomic E-state index is 13.8. The number of nitrogens with one attached hydrogen (secondary N) is 2. The number of nitrogens with zero attached hydrogens (tertiary/aromatic N) is 1. The van der Waals surface area contributed by atoms with Gasteiger partial charge in [-0.05, 0) is 56.4 Å². The summed E-state index contributed by atoms with van der Waals surface area (Å²) in [5.74, 6) is -2.16. The maximum Gasteiger partial charge on any atom is 0.429 e. The second-order valence-electron chi connectivity index (χ2n) is 7.61. The van der Waals surface area contributed by atoms with Crippen LogP contribution in [0.4, 0.5) is 13.2 Å². The molecule has 0 aromatic heterocycles. The zero-order valence-corrected chi connectivity index (χ0v) is 19.5. The summed E-state index contributed by atoms with van der Waals surface area (Å²) in [7, 11) is 1.10. The molecule has 0 aliphatic carbocycles. The van der Waals surface area contributed by atoms with Crippen molar-refractivity contribution in [3.05, 3.63) is 33.4 Å². The molecular weight excluding hydrogens is 481 g/mol. The van der Waals surface area contributed by atoms with Gasteiger partial charge in [0.1, 0.15) is 11.8 Å². The van der Waals surface area contributed by atoms with Gasteiger partial charge in [0.15, 0.2) is 0 Å². The molecule has 1 aromatic rings. The zero-order valence-electron chi connectivity index (χ0n) is 18.8. The molecule has 9 nitrogen and oxygen atoms in total. The highest BCUT2D eigenvalue weighted by Crippen LogP contribution is 2.41. The third kappa shape index (κ3) is 6.54. The van der Waals surface area contributed by atoms with E-state index < -0.39 is 35.8 Å². The predicted octanol–water partition coefficient (Wildman–Crippen LogP) is 2.79. The van der Waals surface area contributed by atoms with E-state index in [4.69, 9.17) is 27.3 Å². The molecule has 13 heteroatoms. The smallest absolute Gasteiger partial charge is 0.429 e. The van der Waals surface area contributed by atoms with Crippen molar-refractivity contribution >= 4 is 35.5 Å². The fourth-order valence-corrected chi connectivity index (χ4v) is 3.55. The minimum Gasteiger partial charge on any atom is -0.475 e. The number of esters is 1. The Morgan fingerprint density at radius 1 is 1.35 bits per heavy atom. The number of methoxy groups -OCH3 is 1. The van der Waals surface area contributed by atoms with Gasteiger partial charge in [0.25, 0.3) is 5.91 Å². The molecule has 1 aliphatic heterocycles. The number of hydrogen-bond donors (Lipinski definition) is 4. The number of guanidine groups is 1. The van der Waals surface area contributed by atoms with E-state index in [9.17, 15) is 22.8 Å². The summed E-state index contributed by atoms with van der Waals surface area (Å²) < 4.78 is 51.1. The first-order valence-corrected chi connectivity index (χ1v) is 10.6. The van der Waals surface area contributed by atoms with Crippen molar-refractivity contribution < 1.29 is 37.4 Å². The van der Waals surface area contributed by atoms with Gasteiger partial charge >= 0.3 is 12.1 Å². The van der Waals surface area contributed by atoms with E-state index in [0.29, 0.717) is 29.0 Å². The Bertz CT molecular complexity index is 998. The van der Waals surface area contributed by atoms with Crippen LogP contribution < -0.4 is 21.3 Å². The second-order valence-corrected chi connectivity index (χ2v) is 7.99. The quantitative estimate of drug-likeness (QED) is 0.140. The molecule has 1 amide bonds. The van der Waals surface area contributed by atoms with E-state index in [1.165, 1.54) is 6.07 Å². The van der Waals surface area contributed by atoms with Gasteiger partial charge in [0, 0.05) is 17.1 Å². The molecule has 1 aromatic carbocycles. The van der Waals surface area contributed by atoms with Crippen LogP contribution in [0.25, 0.3) is 6.08 Å². The number of nitrogens with two attached hydrogens (primary N) is 1. The van der Waals surface area contributed by atoms with Crippen LogP contribution in [0.3, 0.4) is 0 Å². The number of ether oxygens (including phenoxy) is 2. The van der Waals surface area contributed by atoms with Gasteiger partial charge in [-0.2, -0.15) is 13.2 Å². The molecule has 0 fully saturated rings. The molecular formula is C21H26ClF3N4O5. The first-order chi connectivity index (χ1) is 15.9. The Morgan fingerprint density at radius 2 is 2.03 bits per heavy atom. The highest BCUT2D eigenvalue weighted by atomic mass is 35.5. The molecule has 34 heavy (non-hydrogen) atoms. The Hall–Kier alpha value is -2.99. The Kier molecular flexibility index (Phi) is 9.16. The fraction of sp³-hybridized carbons (Fsp3) is 0.476. The van der Waals surface area contributed by atoms with Crippen LogP contribution in [0.15, 0.2) is 16.6 Å². The number of rotatable bonds is 8. The van der Waals surface area contributed by atoms with Crippen LogP contribution >= 0.6 is 11.6 Å². The SMILES string of the molecule is COC(=O)[C@H](CCCCN=C(N)NO)NC(=O)C1=Cc2c(cc(C)c(Cl)c2C)O[C@@H]1C(F)(F)F. The molecule has 0 bridgehead atoms. The summed E-state index contributed by atoms with van der Waals surface area (Å²) in [6.07, 6.45) is -5.47. The summed E-state index contributed by atoms with van der Waals surface area (Å²) in [6, 6.07) is 0.182. The predicted molar refractivity (Wildman–Crippen MR) is 119 cm³/mol. The first-order valence-electron chi connectivity index (χ1n) is 10.2.